The Morgan fingerprint density at radius 1 is 1.04 bits per heavy atom. The maximum atomic E-state index is 12.9. The second-order valence-corrected chi connectivity index (χ2v) is 8.23. The zero-order valence-corrected chi connectivity index (χ0v) is 16.1. The summed E-state index contributed by atoms with van der Waals surface area (Å²) in [5.41, 5.74) is 3.77. The van der Waals surface area contributed by atoms with Crippen LogP contribution in [0.2, 0.25) is 0 Å². The van der Waals surface area contributed by atoms with Crippen LogP contribution < -0.4 is 0 Å². The van der Waals surface area contributed by atoms with Crippen LogP contribution in [0.1, 0.15) is 56.7 Å². The molecule has 0 atom stereocenters. The van der Waals surface area contributed by atoms with Crippen LogP contribution in [0, 0.1) is 13.8 Å². The van der Waals surface area contributed by atoms with Crippen molar-refractivity contribution < 1.29 is 9.59 Å². The zero-order chi connectivity index (χ0) is 17.9. The molecule has 1 aromatic rings. The molecule has 2 amide bonds. The second-order valence-electron chi connectivity index (χ2n) is 6.64. The van der Waals surface area contributed by atoms with Crippen LogP contribution >= 0.6 is 11.8 Å². The Morgan fingerprint density at radius 3 is 2.33 bits per heavy atom. The first kappa shape index (κ1) is 18.8. The second kappa shape index (κ2) is 8.02. The van der Waals surface area contributed by atoms with Crippen molar-refractivity contribution >= 4 is 29.1 Å². The van der Waals surface area contributed by atoms with Crippen LogP contribution in [-0.4, -0.2) is 28.5 Å². The van der Waals surface area contributed by atoms with E-state index in [4.69, 9.17) is 0 Å². The van der Waals surface area contributed by atoms with Crippen LogP contribution in [0.5, 0.6) is 0 Å². The summed E-state index contributed by atoms with van der Waals surface area (Å²) in [6.45, 7) is 10.8. The number of nitrogens with zero attached hydrogens (tertiary/aromatic N) is 1. The lowest BCUT2D eigenvalue weighted by Crippen LogP contribution is -2.32. The first-order valence-electron chi connectivity index (χ1n) is 8.71. The highest BCUT2D eigenvalue weighted by Crippen LogP contribution is 2.38. The van der Waals surface area contributed by atoms with Crippen LogP contribution in [0.15, 0.2) is 23.1 Å². The summed E-state index contributed by atoms with van der Waals surface area (Å²) in [4.78, 5) is 27.8. The third kappa shape index (κ3) is 3.92. The van der Waals surface area contributed by atoms with Crippen molar-refractivity contribution in [2.45, 2.75) is 59.1 Å². The van der Waals surface area contributed by atoms with Crippen LogP contribution in [0.3, 0.4) is 0 Å². The van der Waals surface area contributed by atoms with Crippen LogP contribution in [-0.2, 0) is 9.59 Å². The molecule has 4 heteroatoms. The van der Waals surface area contributed by atoms with E-state index < -0.39 is 0 Å². The van der Waals surface area contributed by atoms with Crippen LogP contribution in [0.25, 0.3) is 5.57 Å². The van der Waals surface area contributed by atoms with Gasteiger partial charge in [0.15, 0.2) is 0 Å². The summed E-state index contributed by atoms with van der Waals surface area (Å²) in [5, 5.41) is 0.258. The summed E-state index contributed by atoms with van der Waals surface area (Å²) in [5.74, 6) is -0.259. The largest absolute Gasteiger partial charge is 0.274 e. The highest BCUT2D eigenvalue weighted by molar-refractivity contribution is 8.04. The van der Waals surface area contributed by atoms with E-state index in [1.165, 1.54) is 22.2 Å². The lowest BCUT2D eigenvalue weighted by molar-refractivity contribution is -0.136. The van der Waals surface area contributed by atoms with Crippen molar-refractivity contribution in [3.8, 4) is 0 Å². The SMILES string of the molecule is CCCCCN1C(=O)C(SC(C)C)=C(c2ccc(C)c(C)c2)C1=O. The Hall–Kier alpha value is -1.55. The summed E-state index contributed by atoms with van der Waals surface area (Å²) in [6.07, 6.45) is 2.97. The van der Waals surface area contributed by atoms with Crippen molar-refractivity contribution in [2.75, 3.05) is 6.54 Å². The number of rotatable bonds is 7. The zero-order valence-electron chi connectivity index (χ0n) is 15.3. The number of unbranched alkanes of at least 4 members (excludes halogenated alkanes) is 2. The first-order valence-corrected chi connectivity index (χ1v) is 9.59. The van der Waals surface area contributed by atoms with Gasteiger partial charge in [-0.15, -0.1) is 11.8 Å². The smallest absolute Gasteiger partial charge is 0.267 e. The van der Waals surface area contributed by atoms with E-state index in [1.807, 2.05) is 39.0 Å². The fraction of sp³-hybridized carbons (Fsp3) is 0.500. The van der Waals surface area contributed by atoms with Gasteiger partial charge in [0.2, 0.25) is 0 Å². The summed E-state index contributed by atoms with van der Waals surface area (Å²) in [6, 6.07) is 6.00. The predicted octanol–water partition coefficient (Wildman–Crippen LogP) is 4.72. The molecule has 0 radical (unpaired) electrons. The van der Waals surface area contributed by atoms with E-state index >= 15 is 0 Å². The van der Waals surface area contributed by atoms with Gasteiger partial charge in [-0.1, -0.05) is 51.8 Å². The van der Waals surface area contributed by atoms with Gasteiger partial charge in [-0.3, -0.25) is 14.5 Å². The molecular formula is C20H27NO2S. The molecule has 0 spiro atoms. The highest BCUT2D eigenvalue weighted by Gasteiger charge is 2.39. The third-order valence-electron chi connectivity index (χ3n) is 4.26. The van der Waals surface area contributed by atoms with Crippen molar-refractivity contribution in [3.63, 3.8) is 0 Å². The number of benzene rings is 1. The molecule has 0 saturated carbocycles. The Morgan fingerprint density at radius 2 is 1.75 bits per heavy atom. The molecule has 0 N–H and O–H groups in total. The molecular weight excluding hydrogens is 318 g/mol. The maximum absolute atomic E-state index is 12.9. The molecule has 3 nitrogen and oxygen atoms in total. The highest BCUT2D eigenvalue weighted by atomic mass is 32.2. The quantitative estimate of drug-likeness (QED) is 0.530. The number of thioether (sulfide) groups is 1. The molecule has 0 saturated heterocycles. The first-order chi connectivity index (χ1) is 11.4. The minimum atomic E-state index is -0.137. The van der Waals surface area contributed by atoms with Gasteiger partial charge in [-0.25, -0.2) is 0 Å². The normalized spacial score (nSPS) is 15.2. The van der Waals surface area contributed by atoms with Gasteiger partial charge in [0, 0.05) is 11.8 Å². The molecule has 1 aromatic carbocycles. The van der Waals surface area contributed by atoms with Gasteiger partial charge in [0.05, 0.1) is 10.5 Å². The number of hydrogen-bond donors (Lipinski definition) is 0. The van der Waals surface area contributed by atoms with Crippen molar-refractivity contribution in [3.05, 3.63) is 39.8 Å². The summed E-state index contributed by atoms with van der Waals surface area (Å²) < 4.78 is 0. The molecule has 0 fully saturated rings. The Bertz CT molecular complexity index is 676. The topological polar surface area (TPSA) is 37.4 Å². The van der Waals surface area contributed by atoms with Gasteiger partial charge in [0.1, 0.15) is 0 Å². The number of hydrogen-bond acceptors (Lipinski definition) is 3. The van der Waals surface area contributed by atoms with E-state index in [-0.39, 0.29) is 17.1 Å². The molecule has 1 heterocycles. The van der Waals surface area contributed by atoms with Gasteiger partial charge in [-0.05, 0) is 37.0 Å². The van der Waals surface area contributed by atoms with E-state index in [0.29, 0.717) is 17.0 Å². The Labute approximate surface area is 149 Å². The third-order valence-corrected chi connectivity index (χ3v) is 5.35. The average Bonchev–Trinajstić information content (AvgIpc) is 2.74. The lowest BCUT2D eigenvalue weighted by atomic mass is 10.0. The van der Waals surface area contributed by atoms with E-state index in [2.05, 4.69) is 13.8 Å². The van der Waals surface area contributed by atoms with Crippen molar-refractivity contribution in [1.82, 2.24) is 4.90 Å². The maximum Gasteiger partial charge on any atom is 0.267 e. The molecule has 0 aromatic heterocycles. The lowest BCUT2D eigenvalue weighted by Gasteiger charge is -2.15. The van der Waals surface area contributed by atoms with Gasteiger partial charge in [0.25, 0.3) is 11.8 Å². The monoisotopic (exact) mass is 345 g/mol. The molecule has 2 rings (SSSR count). The number of amides is 2. The van der Waals surface area contributed by atoms with E-state index in [1.54, 1.807) is 0 Å². The van der Waals surface area contributed by atoms with E-state index in [9.17, 15) is 9.59 Å². The fourth-order valence-corrected chi connectivity index (χ4v) is 3.78. The van der Waals surface area contributed by atoms with Gasteiger partial charge in [-0.2, -0.15) is 0 Å². The summed E-state index contributed by atoms with van der Waals surface area (Å²) >= 11 is 1.50. The minimum absolute atomic E-state index is 0.122. The van der Waals surface area contributed by atoms with Gasteiger partial charge >= 0.3 is 0 Å². The number of carbonyl (C=O) groups is 2. The molecule has 0 bridgehead atoms. The fourth-order valence-electron chi connectivity index (χ4n) is 2.77. The molecule has 1 aliphatic rings. The van der Waals surface area contributed by atoms with Gasteiger partial charge < -0.3 is 0 Å². The van der Waals surface area contributed by atoms with Crippen molar-refractivity contribution in [2.24, 2.45) is 0 Å². The average molecular weight is 346 g/mol. The molecule has 1 aliphatic heterocycles. The van der Waals surface area contributed by atoms with E-state index in [0.717, 1.165) is 30.4 Å². The van der Waals surface area contributed by atoms with Crippen molar-refractivity contribution in [1.29, 1.82) is 0 Å². The predicted molar refractivity (Wildman–Crippen MR) is 102 cm³/mol. The standard InChI is InChI=1S/C20H27NO2S/c1-6-7-8-11-21-19(22)17(18(20(21)23)24-13(2)3)16-10-9-14(4)15(5)12-16/h9-10,12-13H,6-8,11H2,1-5H3. The molecule has 130 valence electrons. The minimum Gasteiger partial charge on any atom is -0.274 e. The molecule has 0 aliphatic carbocycles. The Balaban J connectivity index is 2.41. The Kier molecular flexibility index (Phi) is 6.27. The van der Waals surface area contributed by atoms with Crippen LogP contribution in [0.4, 0.5) is 0 Å². The number of carbonyl (C=O) groups excluding carboxylic acids is 2. The molecule has 24 heavy (non-hydrogen) atoms. The number of aryl methyl sites for hydroxylation is 2. The number of imide groups is 1. The molecule has 0 unspecified atom stereocenters. The summed E-state index contributed by atoms with van der Waals surface area (Å²) in [7, 11) is 0.